The average molecular weight is 428 g/mol. The number of nitrogens with zero attached hydrogens (tertiary/aromatic N) is 2. The number of carbonyl (C=O) groups excluding carboxylic acids is 1. The van der Waals surface area contributed by atoms with Gasteiger partial charge in [0.15, 0.2) is 6.10 Å². The molecule has 3 rings (SSSR count). The minimum atomic E-state index is -0.735. The number of rotatable bonds is 7. The molecule has 0 amide bonds. The lowest BCUT2D eigenvalue weighted by Crippen LogP contribution is -2.24. The molecular weight excluding hydrogens is 403 g/mol. The van der Waals surface area contributed by atoms with E-state index in [0.29, 0.717) is 23.6 Å². The Kier molecular flexibility index (Phi) is 6.58. The van der Waals surface area contributed by atoms with Gasteiger partial charge in [-0.25, -0.2) is 9.18 Å². The van der Waals surface area contributed by atoms with Crippen LogP contribution in [0.15, 0.2) is 47.0 Å². The molecule has 0 saturated heterocycles. The lowest BCUT2D eigenvalue weighted by molar-refractivity contribution is 0.00647. The van der Waals surface area contributed by atoms with Crippen molar-refractivity contribution in [2.45, 2.75) is 45.8 Å². The number of hydrogen-bond acceptors (Lipinski definition) is 7. The Balaban J connectivity index is 1.77. The third-order valence-corrected chi connectivity index (χ3v) is 4.27. The lowest BCUT2D eigenvalue weighted by Gasteiger charge is -2.19. The van der Waals surface area contributed by atoms with Crippen molar-refractivity contribution in [2.75, 3.05) is 7.11 Å². The van der Waals surface area contributed by atoms with Crippen LogP contribution in [-0.4, -0.2) is 28.8 Å². The summed E-state index contributed by atoms with van der Waals surface area (Å²) in [7, 11) is 1.59. The molecule has 0 aliphatic carbocycles. The highest BCUT2D eigenvalue weighted by molar-refractivity contribution is 5.90. The first-order chi connectivity index (χ1) is 14.7. The Hall–Kier alpha value is -3.42. The van der Waals surface area contributed by atoms with E-state index in [0.717, 1.165) is 5.75 Å². The molecule has 0 radical (unpaired) electrons. The maximum absolute atomic E-state index is 14.5. The van der Waals surface area contributed by atoms with Gasteiger partial charge in [0, 0.05) is 5.56 Å². The number of hydrogen-bond donors (Lipinski definition) is 0. The topological polar surface area (TPSA) is 83.7 Å². The van der Waals surface area contributed by atoms with Crippen molar-refractivity contribution >= 4 is 5.97 Å². The summed E-state index contributed by atoms with van der Waals surface area (Å²) in [6.07, 6.45) is 0.147. The third kappa shape index (κ3) is 5.59. The van der Waals surface area contributed by atoms with Crippen LogP contribution in [0.4, 0.5) is 4.39 Å². The van der Waals surface area contributed by atoms with Crippen molar-refractivity contribution in [2.24, 2.45) is 0 Å². The van der Waals surface area contributed by atoms with E-state index in [4.69, 9.17) is 18.7 Å². The minimum Gasteiger partial charge on any atom is -0.497 e. The largest absolute Gasteiger partial charge is 0.497 e. The van der Waals surface area contributed by atoms with Crippen LogP contribution in [0, 0.1) is 5.82 Å². The van der Waals surface area contributed by atoms with E-state index in [1.165, 1.54) is 18.2 Å². The summed E-state index contributed by atoms with van der Waals surface area (Å²) < 4.78 is 36.1. The van der Waals surface area contributed by atoms with Gasteiger partial charge in [-0.05, 0) is 69.7 Å². The second-order valence-corrected chi connectivity index (χ2v) is 7.84. The first kappa shape index (κ1) is 22.3. The minimum absolute atomic E-state index is 0.126. The molecule has 0 saturated carbocycles. The van der Waals surface area contributed by atoms with E-state index in [9.17, 15) is 9.18 Å². The highest BCUT2D eigenvalue weighted by atomic mass is 19.1. The Morgan fingerprint density at radius 1 is 1.13 bits per heavy atom. The van der Waals surface area contributed by atoms with Crippen LogP contribution in [-0.2, 0) is 4.74 Å². The molecule has 8 heteroatoms. The highest BCUT2D eigenvalue weighted by Gasteiger charge is 2.23. The zero-order valence-electron chi connectivity index (χ0n) is 18.1. The number of aromatic nitrogens is 2. The molecule has 1 aromatic heterocycles. The molecule has 0 aliphatic heterocycles. The normalized spacial score (nSPS) is 12.3. The summed E-state index contributed by atoms with van der Waals surface area (Å²) in [4.78, 5) is 16.5. The zero-order chi connectivity index (χ0) is 22.6. The fourth-order valence-electron chi connectivity index (χ4n) is 2.77. The van der Waals surface area contributed by atoms with E-state index >= 15 is 0 Å². The molecule has 7 nitrogen and oxygen atoms in total. The quantitative estimate of drug-likeness (QED) is 0.468. The third-order valence-electron chi connectivity index (χ3n) is 4.27. The van der Waals surface area contributed by atoms with Gasteiger partial charge < -0.3 is 18.7 Å². The second kappa shape index (κ2) is 9.16. The van der Waals surface area contributed by atoms with Crippen molar-refractivity contribution < 1.29 is 27.9 Å². The number of methoxy groups -OCH3 is 1. The lowest BCUT2D eigenvalue weighted by atomic mass is 10.1. The Bertz CT molecular complexity index is 1040. The molecule has 1 atom stereocenters. The molecule has 0 aliphatic rings. The molecule has 1 heterocycles. The molecule has 2 aromatic carbocycles. The number of benzene rings is 2. The van der Waals surface area contributed by atoms with Gasteiger partial charge in [0.25, 0.3) is 5.89 Å². The molecule has 3 aromatic rings. The van der Waals surface area contributed by atoms with Crippen molar-refractivity contribution in [1.82, 2.24) is 10.1 Å². The fraction of sp³-hybridized carbons (Fsp3) is 0.348. The van der Waals surface area contributed by atoms with E-state index in [2.05, 4.69) is 10.1 Å². The van der Waals surface area contributed by atoms with E-state index < -0.39 is 23.5 Å². The van der Waals surface area contributed by atoms with Crippen LogP contribution in [0.25, 0.3) is 11.5 Å². The Labute approximate surface area is 180 Å². The fourth-order valence-corrected chi connectivity index (χ4v) is 2.77. The van der Waals surface area contributed by atoms with Gasteiger partial charge >= 0.3 is 5.97 Å². The molecule has 0 unspecified atom stereocenters. The van der Waals surface area contributed by atoms with Gasteiger partial charge in [0.2, 0.25) is 5.82 Å². The van der Waals surface area contributed by atoms with Crippen LogP contribution >= 0.6 is 0 Å². The molecular formula is C23H25FN2O5. The number of esters is 1. The maximum atomic E-state index is 14.5. The molecule has 0 bridgehead atoms. The molecule has 0 fully saturated rings. The van der Waals surface area contributed by atoms with Crippen molar-refractivity contribution in [3.63, 3.8) is 0 Å². The van der Waals surface area contributed by atoms with Crippen LogP contribution in [0.3, 0.4) is 0 Å². The molecule has 0 spiro atoms. The smallest absolute Gasteiger partial charge is 0.341 e. The highest BCUT2D eigenvalue weighted by Crippen LogP contribution is 2.27. The predicted octanol–water partition coefficient (Wildman–Crippen LogP) is 5.37. The standard InChI is InChI=1S/C23H25FN2O5/c1-6-19(29-16-10-8-15(28-5)9-11-16)20-25-21(31-26-20)14-7-12-17(18(24)13-14)22(27)30-23(2,3)4/h7-13,19H,6H2,1-5H3/t19-/m0/s1. The number of halogens is 1. The van der Waals surface area contributed by atoms with Crippen LogP contribution in [0.5, 0.6) is 11.5 Å². The van der Waals surface area contributed by atoms with Crippen LogP contribution in [0.1, 0.15) is 56.4 Å². The molecule has 0 N–H and O–H groups in total. The van der Waals surface area contributed by atoms with Gasteiger partial charge in [-0.2, -0.15) is 4.98 Å². The van der Waals surface area contributed by atoms with E-state index in [1.807, 2.05) is 6.92 Å². The van der Waals surface area contributed by atoms with Crippen LogP contribution in [0.2, 0.25) is 0 Å². The van der Waals surface area contributed by atoms with Crippen molar-refractivity contribution in [3.05, 3.63) is 59.7 Å². The zero-order valence-corrected chi connectivity index (χ0v) is 18.1. The summed E-state index contributed by atoms with van der Waals surface area (Å²) in [5.41, 5.74) is -0.529. The van der Waals surface area contributed by atoms with Crippen LogP contribution < -0.4 is 9.47 Å². The van der Waals surface area contributed by atoms with Crippen molar-refractivity contribution in [1.29, 1.82) is 0 Å². The van der Waals surface area contributed by atoms with Gasteiger partial charge in [-0.3, -0.25) is 0 Å². The SMILES string of the molecule is CC[C@H](Oc1ccc(OC)cc1)c1noc(-c2ccc(C(=O)OC(C)(C)C)c(F)c2)n1. The summed E-state index contributed by atoms with van der Waals surface area (Å²) >= 11 is 0. The van der Waals surface area contributed by atoms with Gasteiger partial charge in [0.1, 0.15) is 22.9 Å². The summed E-state index contributed by atoms with van der Waals surface area (Å²) in [5, 5.41) is 3.98. The average Bonchev–Trinajstić information content (AvgIpc) is 3.21. The first-order valence-corrected chi connectivity index (χ1v) is 9.87. The van der Waals surface area contributed by atoms with Crippen molar-refractivity contribution in [3.8, 4) is 23.0 Å². The Morgan fingerprint density at radius 2 is 1.81 bits per heavy atom. The van der Waals surface area contributed by atoms with Gasteiger partial charge in [-0.15, -0.1) is 0 Å². The van der Waals surface area contributed by atoms with E-state index in [-0.39, 0.29) is 11.5 Å². The summed E-state index contributed by atoms with van der Waals surface area (Å²) in [6.45, 7) is 7.08. The number of carbonyl (C=O) groups is 1. The molecule has 31 heavy (non-hydrogen) atoms. The summed E-state index contributed by atoms with van der Waals surface area (Å²) in [5.74, 6) is 0.354. The van der Waals surface area contributed by atoms with Gasteiger partial charge in [0.05, 0.1) is 12.7 Å². The molecule has 164 valence electrons. The first-order valence-electron chi connectivity index (χ1n) is 9.87. The Morgan fingerprint density at radius 3 is 2.39 bits per heavy atom. The maximum Gasteiger partial charge on any atom is 0.341 e. The summed E-state index contributed by atoms with van der Waals surface area (Å²) in [6, 6.07) is 11.2. The second-order valence-electron chi connectivity index (χ2n) is 7.84. The van der Waals surface area contributed by atoms with E-state index in [1.54, 1.807) is 52.1 Å². The van der Waals surface area contributed by atoms with Gasteiger partial charge in [-0.1, -0.05) is 12.1 Å². The monoisotopic (exact) mass is 428 g/mol. The number of ether oxygens (including phenoxy) is 3. The predicted molar refractivity (Wildman–Crippen MR) is 112 cm³/mol.